The van der Waals surface area contributed by atoms with Crippen molar-refractivity contribution in [3.05, 3.63) is 41.5 Å². The Kier molecular flexibility index (Phi) is 10.8. The number of aliphatic hydroxyl groups excluding tert-OH is 1. The number of nitrogens with zero attached hydrogens (tertiary/aromatic N) is 1. The molecule has 0 spiro atoms. The normalized spacial score (nSPS) is 23.5. The molecule has 4 N–H and O–H groups in total. The van der Waals surface area contributed by atoms with Crippen molar-refractivity contribution >= 4 is 17.7 Å². The van der Waals surface area contributed by atoms with E-state index in [1.165, 1.54) is 5.57 Å². The van der Waals surface area contributed by atoms with E-state index in [2.05, 4.69) is 22.0 Å². The first-order chi connectivity index (χ1) is 19.7. The molecule has 5 atom stereocenters. The highest BCUT2D eigenvalue weighted by Gasteiger charge is 2.42. The number of morpholine rings is 1. The average Bonchev–Trinajstić information content (AvgIpc) is 3.45. The van der Waals surface area contributed by atoms with E-state index in [1.54, 1.807) is 38.3 Å². The van der Waals surface area contributed by atoms with Crippen LogP contribution in [0.25, 0.3) is 0 Å². The highest BCUT2D eigenvalue weighted by molar-refractivity contribution is 5.92. The van der Waals surface area contributed by atoms with Crippen LogP contribution in [0.1, 0.15) is 57.6 Å². The minimum atomic E-state index is -1.33. The number of nitrogens with one attached hydrogen (secondary N) is 3. The van der Waals surface area contributed by atoms with E-state index >= 15 is 0 Å². The lowest BCUT2D eigenvalue weighted by molar-refractivity contribution is -0.134. The quantitative estimate of drug-likeness (QED) is 0.193. The Labute approximate surface area is 242 Å². The number of amides is 3. The average molecular weight is 573 g/mol. The molecule has 2 heterocycles. The van der Waals surface area contributed by atoms with Crippen LogP contribution in [0.15, 0.2) is 35.9 Å². The Hall–Kier alpha value is -2.99. The van der Waals surface area contributed by atoms with Crippen molar-refractivity contribution in [1.82, 2.24) is 20.9 Å². The van der Waals surface area contributed by atoms with Gasteiger partial charge in [-0.1, -0.05) is 23.8 Å². The second kappa shape index (κ2) is 14.3. The predicted octanol–water partition coefficient (Wildman–Crippen LogP) is 1.21. The molecule has 2 fully saturated rings. The van der Waals surface area contributed by atoms with Crippen molar-refractivity contribution in [1.29, 1.82) is 0 Å². The Balaban J connectivity index is 1.45. The van der Waals surface area contributed by atoms with Gasteiger partial charge in [0.1, 0.15) is 23.9 Å². The fourth-order valence-electron chi connectivity index (χ4n) is 5.34. The summed E-state index contributed by atoms with van der Waals surface area (Å²) in [7, 11) is 1.54. The fourth-order valence-corrected chi connectivity index (χ4v) is 5.34. The molecule has 11 heteroatoms. The molecule has 1 aromatic carbocycles. The van der Waals surface area contributed by atoms with Gasteiger partial charge in [0.15, 0.2) is 0 Å². The smallest absolute Gasteiger partial charge is 0.245 e. The van der Waals surface area contributed by atoms with Crippen molar-refractivity contribution < 1.29 is 33.7 Å². The van der Waals surface area contributed by atoms with Gasteiger partial charge >= 0.3 is 0 Å². The molecule has 1 aromatic rings. The molecule has 2 aliphatic heterocycles. The Morgan fingerprint density at radius 1 is 1.10 bits per heavy atom. The number of benzene rings is 1. The minimum Gasteiger partial charge on any atom is -0.497 e. The van der Waals surface area contributed by atoms with Gasteiger partial charge in [-0.05, 0) is 63.6 Å². The molecule has 0 radical (unpaired) electrons. The third-order valence-corrected chi connectivity index (χ3v) is 7.90. The van der Waals surface area contributed by atoms with Crippen LogP contribution in [0.3, 0.4) is 0 Å². The molecule has 4 rings (SSSR count). The third-order valence-electron chi connectivity index (χ3n) is 7.90. The summed E-state index contributed by atoms with van der Waals surface area (Å²) in [5, 5.41) is 19.8. The molecule has 1 aliphatic carbocycles. The van der Waals surface area contributed by atoms with Gasteiger partial charge < -0.3 is 35.3 Å². The molecule has 11 nitrogen and oxygen atoms in total. The van der Waals surface area contributed by atoms with Crippen LogP contribution >= 0.6 is 0 Å². The van der Waals surface area contributed by atoms with Crippen molar-refractivity contribution in [2.24, 2.45) is 0 Å². The van der Waals surface area contributed by atoms with Gasteiger partial charge in [0.05, 0.1) is 39.1 Å². The maximum atomic E-state index is 13.7. The Morgan fingerprint density at radius 2 is 1.80 bits per heavy atom. The summed E-state index contributed by atoms with van der Waals surface area (Å²) in [6.07, 6.45) is 5.35. The van der Waals surface area contributed by atoms with Crippen LogP contribution in [0, 0.1) is 0 Å². The second-order valence-corrected chi connectivity index (χ2v) is 11.5. The summed E-state index contributed by atoms with van der Waals surface area (Å²) in [6, 6.07) is 4.26. The number of methoxy groups -OCH3 is 1. The number of carbonyl (C=O) groups excluding carboxylic acids is 3. The molecule has 0 saturated carbocycles. The molecule has 41 heavy (non-hydrogen) atoms. The summed E-state index contributed by atoms with van der Waals surface area (Å²) >= 11 is 0. The van der Waals surface area contributed by atoms with Gasteiger partial charge in [-0.15, -0.1) is 0 Å². The molecule has 2 saturated heterocycles. The number of aliphatic hydroxyl groups is 1. The number of rotatable bonds is 14. The third kappa shape index (κ3) is 9.26. The number of ether oxygens (including phenoxy) is 3. The fraction of sp³-hybridized carbons (Fsp3) is 0.633. The number of carbonyl (C=O) groups is 3. The maximum absolute atomic E-state index is 13.7. The molecule has 0 bridgehead atoms. The molecule has 3 amide bonds. The first-order valence-corrected chi connectivity index (χ1v) is 14.5. The highest BCUT2D eigenvalue weighted by Crippen LogP contribution is 2.34. The predicted molar refractivity (Wildman–Crippen MR) is 152 cm³/mol. The Morgan fingerprint density at radius 3 is 2.41 bits per heavy atom. The van der Waals surface area contributed by atoms with Crippen molar-refractivity contribution in [3.8, 4) is 5.75 Å². The zero-order chi connectivity index (χ0) is 29.4. The molecular formula is C30H44N4O7. The second-order valence-electron chi connectivity index (χ2n) is 11.5. The number of hydrogen-bond donors (Lipinski definition) is 4. The lowest BCUT2D eigenvalue weighted by Gasteiger charge is -2.29. The van der Waals surface area contributed by atoms with E-state index in [0.717, 1.165) is 19.3 Å². The lowest BCUT2D eigenvalue weighted by Crippen LogP contribution is -2.57. The zero-order valence-electron chi connectivity index (χ0n) is 24.3. The first-order valence-electron chi connectivity index (χ1n) is 14.5. The highest BCUT2D eigenvalue weighted by atomic mass is 16.6. The zero-order valence-corrected chi connectivity index (χ0v) is 24.3. The first kappa shape index (κ1) is 31.0. The van der Waals surface area contributed by atoms with Crippen molar-refractivity contribution in [2.45, 2.75) is 75.8 Å². The van der Waals surface area contributed by atoms with Crippen LogP contribution < -0.4 is 20.7 Å². The molecule has 3 aliphatic rings. The van der Waals surface area contributed by atoms with Gasteiger partial charge in [-0.2, -0.15) is 0 Å². The summed E-state index contributed by atoms with van der Waals surface area (Å²) in [4.78, 5) is 41.5. The molecule has 0 unspecified atom stereocenters. The minimum absolute atomic E-state index is 0.151. The summed E-state index contributed by atoms with van der Waals surface area (Å²) in [6.45, 7) is 6.77. The molecule has 0 aromatic heterocycles. The van der Waals surface area contributed by atoms with Crippen LogP contribution in [0.2, 0.25) is 0 Å². The van der Waals surface area contributed by atoms with E-state index in [4.69, 9.17) is 14.2 Å². The van der Waals surface area contributed by atoms with Gasteiger partial charge in [-0.3, -0.25) is 19.3 Å². The SMILES string of the molecule is COc1ccc([C@@H](O)[C@H](NC(=O)[C@H](C)NC(=O)CN2CCOCC2)C(=O)N[C@@H](CC2=CCCC2)C[C@@]2(C)CO2)cc1. The standard InChI is InChI=1S/C30H44N4O7/c1-20(31-25(35)18-34-12-14-40-15-13-34)28(37)33-26(27(36)22-8-10-24(39-3)11-9-22)29(38)32-23(17-30(2)19-41-30)16-21-6-4-5-7-21/h6,8-11,20,23,26-27,36H,4-5,7,12-19H2,1-3H3,(H,31,35)(H,32,38)(H,33,37)/t20-,23-,26-,27+,30-/m0/s1. The van der Waals surface area contributed by atoms with Gasteiger partial charge in [-0.25, -0.2) is 0 Å². The van der Waals surface area contributed by atoms with Gasteiger partial charge in [0.25, 0.3) is 0 Å². The van der Waals surface area contributed by atoms with Crippen molar-refractivity contribution in [3.63, 3.8) is 0 Å². The Bertz CT molecular complexity index is 1080. The summed E-state index contributed by atoms with van der Waals surface area (Å²) in [5.41, 5.74) is 1.46. The summed E-state index contributed by atoms with van der Waals surface area (Å²) < 4.78 is 16.1. The van der Waals surface area contributed by atoms with E-state index in [9.17, 15) is 19.5 Å². The van der Waals surface area contributed by atoms with Gasteiger partial charge in [0.2, 0.25) is 17.7 Å². The topological polar surface area (TPSA) is 142 Å². The monoisotopic (exact) mass is 572 g/mol. The molecule has 226 valence electrons. The lowest BCUT2D eigenvalue weighted by atomic mass is 9.94. The number of hydrogen-bond acceptors (Lipinski definition) is 8. The van der Waals surface area contributed by atoms with E-state index in [0.29, 0.717) is 57.1 Å². The van der Waals surface area contributed by atoms with Crippen LogP contribution in [-0.4, -0.2) is 98.0 Å². The van der Waals surface area contributed by atoms with E-state index in [-0.39, 0.29) is 24.1 Å². The van der Waals surface area contributed by atoms with Crippen molar-refractivity contribution in [2.75, 3.05) is 46.6 Å². The van der Waals surface area contributed by atoms with E-state index in [1.807, 2.05) is 11.8 Å². The number of allylic oxidation sites excluding steroid dienone is 1. The van der Waals surface area contributed by atoms with Gasteiger partial charge in [0, 0.05) is 19.1 Å². The van der Waals surface area contributed by atoms with Crippen LogP contribution in [-0.2, 0) is 23.9 Å². The largest absolute Gasteiger partial charge is 0.497 e. The maximum Gasteiger partial charge on any atom is 0.245 e. The van der Waals surface area contributed by atoms with Crippen LogP contribution in [0.5, 0.6) is 5.75 Å². The van der Waals surface area contributed by atoms with E-state index < -0.39 is 30.0 Å². The number of epoxide rings is 1. The summed E-state index contributed by atoms with van der Waals surface area (Å²) in [5.74, 6) is -0.763. The van der Waals surface area contributed by atoms with Crippen LogP contribution in [0.4, 0.5) is 0 Å². The molecular weight excluding hydrogens is 528 g/mol.